The molecule has 0 aliphatic carbocycles. The molecule has 1 aromatic rings. The molecule has 2 rings (SSSR count). The fraction of sp³-hybridized carbons (Fsp3) is 0.533. The average Bonchev–Trinajstić information content (AvgIpc) is 2.43. The number of halogens is 1. The highest BCUT2D eigenvalue weighted by Gasteiger charge is 2.14. The summed E-state index contributed by atoms with van der Waals surface area (Å²) in [6, 6.07) is 5.73. The lowest BCUT2D eigenvalue weighted by molar-refractivity contribution is 0.0950. The molecule has 0 unspecified atom stereocenters. The van der Waals surface area contributed by atoms with E-state index in [4.69, 9.17) is 0 Å². The monoisotopic (exact) mass is 324 g/mol. The molecule has 1 amide bonds. The molecule has 1 aliphatic heterocycles. The number of carbonyl (C=O) groups excluding carboxylic acids is 1. The third-order valence-electron chi connectivity index (χ3n) is 3.75. The van der Waals surface area contributed by atoms with Crippen LogP contribution >= 0.6 is 15.9 Å². The van der Waals surface area contributed by atoms with Crippen molar-refractivity contribution in [3.8, 4) is 0 Å². The summed E-state index contributed by atoms with van der Waals surface area (Å²) in [6.07, 6.45) is 3.59. The Balaban J connectivity index is 1.82. The first kappa shape index (κ1) is 14.5. The fourth-order valence-electron chi connectivity index (χ4n) is 2.51. The number of benzene rings is 1. The van der Waals surface area contributed by atoms with E-state index < -0.39 is 0 Å². The average molecular weight is 325 g/mol. The van der Waals surface area contributed by atoms with E-state index in [2.05, 4.69) is 26.6 Å². The van der Waals surface area contributed by atoms with Crippen LogP contribution in [-0.2, 0) is 0 Å². The number of hydrogen-bond donors (Lipinski definition) is 2. The van der Waals surface area contributed by atoms with Gasteiger partial charge in [-0.15, -0.1) is 0 Å². The third kappa shape index (κ3) is 4.05. The second-order valence-corrected chi connectivity index (χ2v) is 6.02. The molecule has 1 atom stereocenters. The van der Waals surface area contributed by atoms with Gasteiger partial charge in [0.15, 0.2) is 0 Å². The Hall–Kier alpha value is -0.870. The van der Waals surface area contributed by atoms with Gasteiger partial charge in [-0.25, -0.2) is 0 Å². The molecule has 0 radical (unpaired) electrons. The van der Waals surface area contributed by atoms with Gasteiger partial charge in [0.25, 0.3) is 5.91 Å². The van der Waals surface area contributed by atoms with Gasteiger partial charge in [-0.3, -0.25) is 4.79 Å². The van der Waals surface area contributed by atoms with Gasteiger partial charge >= 0.3 is 0 Å². The van der Waals surface area contributed by atoms with Gasteiger partial charge in [0, 0.05) is 16.6 Å². The van der Waals surface area contributed by atoms with E-state index in [1.165, 1.54) is 12.8 Å². The van der Waals surface area contributed by atoms with Crippen molar-refractivity contribution in [2.24, 2.45) is 5.92 Å². The maximum atomic E-state index is 12.1. The van der Waals surface area contributed by atoms with Crippen LogP contribution in [0.25, 0.3) is 0 Å². The number of nitrogens with one attached hydrogen (secondary N) is 2. The number of amides is 1. The van der Waals surface area contributed by atoms with E-state index in [9.17, 15) is 4.79 Å². The van der Waals surface area contributed by atoms with Crippen LogP contribution in [0.15, 0.2) is 22.7 Å². The number of piperidine rings is 1. The first-order valence-corrected chi connectivity index (χ1v) is 7.72. The zero-order valence-electron chi connectivity index (χ0n) is 11.3. The van der Waals surface area contributed by atoms with E-state index in [0.717, 1.165) is 41.7 Å². The second-order valence-electron chi connectivity index (χ2n) is 5.17. The Kier molecular flexibility index (Phi) is 5.40. The molecule has 0 saturated carbocycles. The molecule has 1 aromatic carbocycles. The molecule has 3 nitrogen and oxygen atoms in total. The predicted octanol–water partition coefficient (Wildman–Crippen LogP) is 2.88. The smallest absolute Gasteiger partial charge is 0.251 e. The molecular weight excluding hydrogens is 304 g/mol. The van der Waals surface area contributed by atoms with E-state index in [0.29, 0.717) is 5.92 Å². The molecule has 1 heterocycles. The van der Waals surface area contributed by atoms with E-state index in [-0.39, 0.29) is 5.91 Å². The third-order valence-corrected chi connectivity index (χ3v) is 4.61. The standard InChI is InChI=1S/C15H21BrN2O/c1-11-13(5-2-6-14(11)16)15(19)18-9-7-12-4-3-8-17-10-12/h2,5-6,12,17H,3-4,7-10H2,1H3,(H,18,19)/t12-/m0/s1. The normalized spacial score (nSPS) is 19.2. The molecular formula is C15H21BrN2O. The fourth-order valence-corrected chi connectivity index (χ4v) is 2.88. The van der Waals surface area contributed by atoms with Crippen molar-refractivity contribution in [2.45, 2.75) is 26.2 Å². The van der Waals surface area contributed by atoms with E-state index >= 15 is 0 Å². The van der Waals surface area contributed by atoms with Crippen LogP contribution in [0.4, 0.5) is 0 Å². The predicted molar refractivity (Wildman–Crippen MR) is 81.4 cm³/mol. The van der Waals surface area contributed by atoms with Gasteiger partial charge in [0.2, 0.25) is 0 Å². The highest BCUT2D eigenvalue weighted by atomic mass is 79.9. The first-order chi connectivity index (χ1) is 9.18. The lowest BCUT2D eigenvalue weighted by atomic mass is 9.96. The van der Waals surface area contributed by atoms with Crippen molar-refractivity contribution < 1.29 is 4.79 Å². The molecule has 2 N–H and O–H groups in total. The minimum absolute atomic E-state index is 0.0302. The molecule has 4 heteroatoms. The summed E-state index contributed by atoms with van der Waals surface area (Å²) in [4.78, 5) is 12.1. The van der Waals surface area contributed by atoms with Crippen molar-refractivity contribution in [2.75, 3.05) is 19.6 Å². The molecule has 0 aromatic heterocycles. The maximum Gasteiger partial charge on any atom is 0.251 e. The van der Waals surface area contributed by atoms with Gasteiger partial charge in [0.1, 0.15) is 0 Å². The van der Waals surface area contributed by atoms with Crippen molar-refractivity contribution in [3.63, 3.8) is 0 Å². The number of hydrogen-bond acceptors (Lipinski definition) is 2. The van der Waals surface area contributed by atoms with Crippen LogP contribution in [-0.4, -0.2) is 25.5 Å². The van der Waals surface area contributed by atoms with Crippen molar-refractivity contribution in [1.29, 1.82) is 0 Å². The zero-order chi connectivity index (χ0) is 13.7. The minimum Gasteiger partial charge on any atom is -0.352 e. The quantitative estimate of drug-likeness (QED) is 0.894. The SMILES string of the molecule is Cc1c(Br)cccc1C(=O)NCC[C@@H]1CCCNC1. The van der Waals surface area contributed by atoms with Crippen LogP contribution in [0.3, 0.4) is 0 Å². The van der Waals surface area contributed by atoms with Crippen LogP contribution in [0.1, 0.15) is 35.2 Å². The number of rotatable bonds is 4. The van der Waals surface area contributed by atoms with Crippen LogP contribution < -0.4 is 10.6 Å². The molecule has 1 aliphatic rings. The molecule has 19 heavy (non-hydrogen) atoms. The Labute approximate surface area is 123 Å². The largest absolute Gasteiger partial charge is 0.352 e. The van der Waals surface area contributed by atoms with Gasteiger partial charge in [0.05, 0.1) is 0 Å². The van der Waals surface area contributed by atoms with Crippen molar-refractivity contribution in [3.05, 3.63) is 33.8 Å². The molecule has 1 fully saturated rings. The van der Waals surface area contributed by atoms with Gasteiger partial charge < -0.3 is 10.6 Å². The minimum atomic E-state index is 0.0302. The second kappa shape index (κ2) is 7.06. The summed E-state index contributed by atoms with van der Waals surface area (Å²) in [7, 11) is 0. The van der Waals surface area contributed by atoms with Crippen LogP contribution in [0.2, 0.25) is 0 Å². The molecule has 1 saturated heterocycles. The number of carbonyl (C=O) groups is 1. The summed E-state index contributed by atoms with van der Waals surface area (Å²) in [5.74, 6) is 0.736. The Morgan fingerprint density at radius 2 is 2.37 bits per heavy atom. The van der Waals surface area contributed by atoms with Crippen molar-refractivity contribution >= 4 is 21.8 Å². The summed E-state index contributed by atoms with van der Waals surface area (Å²) in [6.45, 7) is 4.95. The van der Waals surface area contributed by atoms with Gasteiger partial charge in [-0.1, -0.05) is 22.0 Å². The highest BCUT2D eigenvalue weighted by Crippen LogP contribution is 2.19. The Morgan fingerprint density at radius 3 is 3.11 bits per heavy atom. The summed E-state index contributed by atoms with van der Waals surface area (Å²) in [5, 5.41) is 6.43. The highest BCUT2D eigenvalue weighted by molar-refractivity contribution is 9.10. The summed E-state index contributed by atoms with van der Waals surface area (Å²) in [5.41, 5.74) is 1.76. The van der Waals surface area contributed by atoms with Crippen LogP contribution in [0, 0.1) is 12.8 Å². The van der Waals surface area contributed by atoms with Gasteiger partial charge in [-0.2, -0.15) is 0 Å². The Morgan fingerprint density at radius 1 is 1.53 bits per heavy atom. The van der Waals surface area contributed by atoms with Gasteiger partial charge in [-0.05, 0) is 62.9 Å². The lowest BCUT2D eigenvalue weighted by Crippen LogP contribution is -2.33. The van der Waals surface area contributed by atoms with E-state index in [1.807, 2.05) is 25.1 Å². The van der Waals surface area contributed by atoms with Crippen LogP contribution in [0.5, 0.6) is 0 Å². The Bertz CT molecular complexity index is 442. The summed E-state index contributed by atoms with van der Waals surface area (Å²) < 4.78 is 0.983. The maximum absolute atomic E-state index is 12.1. The zero-order valence-corrected chi connectivity index (χ0v) is 12.9. The van der Waals surface area contributed by atoms with Crippen molar-refractivity contribution in [1.82, 2.24) is 10.6 Å². The summed E-state index contributed by atoms with van der Waals surface area (Å²) >= 11 is 3.46. The molecule has 0 spiro atoms. The molecule has 0 bridgehead atoms. The van der Waals surface area contributed by atoms with E-state index in [1.54, 1.807) is 0 Å². The molecule has 104 valence electrons. The topological polar surface area (TPSA) is 41.1 Å². The first-order valence-electron chi connectivity index (χ1n) is 6.92. The lowest BCUT2D eigenvalue weighted by Gasteiger charge is -2.22.